The normalized spacial score (nSPS) is 20.3. The van der Waals surface area contributed by atoms with Gasteiger partial charge in [0, 0.05) is 12.3 Å². The van der Waals surface area contributed by atoms with Crippen LogP contribution in [-0.4, -0.2) is 36.9 Å². The fraction of sp³-hybridized carbons (Fsp3) is 0.462. The van der Waals surface area contributed by atoms with Crippen molar-refractivity contribution >= 4 is 11.6 Å². The predicted molar refractivity (Wildman–Crippen MR) is 65.2 cm³/mol. The van der Waals surface area contributed by atoms with Gasteiger partial charge in [0.1, 0.15) is 6.61 Å². The second-order valence-corrected chi connectivity index (χ2v) is 4.49. The second-order valence-electron chi connectivity index (χ2n) is 4.49. The number of hydrogen-bond acceptors (Lipinski definition) is 3. The summed E-state index contributed by atoms with van der Waals surface area (Å²) in [4.78, 5) is 13.1. The number of amides is 1. The van der Waals surface area contributed by atoms with Crippen LogP contribution in [0.2, 0.25) is 0 Å². The molecule has 1 unspecified atom stereocenters. The van der Waals surface area contributed by atoms with E-state index in [4.69, 9.17) is 9.84 Å². The molecule has 1 fully saturated rings. The molecule has 1 aromatic rings. The molecule has 110 valence electrons. The highest BCUT2D eigenvalue weighted by atomic mass is 19.4. The molecule has 20 heavy (non-hydrogen) atoms. The molecule has 2 rings (SSSR count). The molecule has 1 aromatic carbocycles. The van der Waals surface area contributed by atoms with E-state index in [0.717, 1.165) is 12.1 Å². The number of anilines is 1. The zero-order chi connectivity index (χ0) is 14.8. The lowest BCUT2D eigenvalue weighted by atomic mass is 10.1. The Morgan fingerprint density at radius 2 is 1.95 bits per heavy atom. The SMILES string of the molecule is O=C1COC(CCO)CN1c1ccc(C(F)(F)F)cc1. The van der Waals surface area contributed by atoms with Crippen LogP contribution < -0.4 is 4.90 Å². The van der Waals surface area contributed by atoms with Gasteiger partial charge in [-0.15, -0.1) is 0 Å². The highest BCUT2D eigenvalue weighted by Gasteiger charge is 2.31. The Morgan fingerprint density at radius 3 is 2.50 bits per heavy atom. The number of aliphatic hydroxyl groups is 1. The summed E-state index contributed by atoms with van der Waals surface area (Å²) in [5.74, 6) is -0.307. The first-order valence-electron chi connectivity index (χ1n) is 6.12. The molecule has 4 nitrogen and oxygen atoms in total. The molecule has 0 saturated carbocycles. The largest absolute Gasteiger partial charge is 0.416 e. The van der Waals surface area contributed by atoms with Crippen LogP contribution in [0, 0.1) is 0 Å². The van der Waals surface area contributed by atoms with E-state index in [1.54, 1.807) is 0 Å². The molecule has 1 saturated heterocycles. The van der Waals surface area contributed by atoms with E-state index < -0.39 is 11.7 Å². The molecule has 7 heteroatoms. The van der Waals surface area contributed by atoms with Crippen LogP contribution in [0.15, 0.2) is 24.3 Å². The van der Waals surface area contributed by atoms with E-state index in [9.17, 15) is 18.0 Å². The summed E-state index contributed by atoms with van der Waals surface area (Å²) in [6.45, 7) is 0.0240. The molecule has 1 N–H and O–H groups in total. The number of ether oxygens (including phenoxy) is 1. The van der Waals surface area contributed by atoms with Crippen molar-refractivity contribution in [2.24, 2.45) is 0 Å². The summed E-state index contributed by atoms with van der Waals surface area (Å²) in [5.41, 5.74) is -0.358. The maximum absolute atomic E-state index is 12.5. The number of rotatable bonds is 3. The van der Waals surface area contributed by atoms with E-state index in [2.05, 4.69) is 0 Å². The van der Waals surface area contributed by atoms with Gasteiger partial charge in [0.25, 0.3) is 5.91 Å². The molecule has 0 radical (unpaired) electrons. The van der Waals surface area contributed by atoms with E-state index in [-0.39, 0.29) is 31.8 Å². The summed E-state index contributed by atoms with van der Waals surface area (Å²) in [5, 5.41) is 8.86. The van der Waals surface area contributed by atoms with Crippen LogP contribution in [0.3, 0.4) is 0 Å². The average molecular weight is 289 g/mol. The van der Waals surface area contributed by atoms with E-state index in [1.165, 1.54) is 17.0 Å². The van der Waals surface area contributed by atoms with Crippen molar-refractivity contribution in [2.75, 3.05) is 24.7 Å². The molecule has 0 bridgehead atoms. The fourth-order valence-corrected chi connectivity index (χ4v) is 2.02. The van der Waals surface area contributed by atoms with Crippen molar-refractivity contribution in [1.29, 1.82) is 0 Å². The van der Waals surface area contributed by atoms with Gasteiger partial charge in [-0.05, 0) is 30.7 Å². The van der Waals surface area contributed by atoms with Gasteiger partial charge in [0.05, 0.1) is 18.2 Å². The topological polar surface area (TPSA) is 49.8 Å². The highest BCUT2D eigenvalue weighted by molar-refractivity contribution is 5.95. The lowest BCUT2D eigenvalue weighted by Crippen LogP contribution is -2.47. The average Bonchev–Trinajstić information content (AvgIpc) is 2.40. The van der Waals surface area contributed by atoms with Crippen molar-refractivity contribution in [3.05, 3.63) is 29.8 Å². The predicted octanol–water partition coefficient (Wildman–Crippen LogP) is 1.82. The van der Waals surface area contributed by atoms with Crippen LogP contribution >= 0.6 is 0 Å². The molecular formula is C13H14F3NO3. The summed E-state index contributed by atoms with van der Waals surface area (Å²) >= 11 is 0. The number of morpholine rings is 1. The molecule has 1 heterocycles. The monoisotopic (exact) mass is 289 g/mol. The summed E-state index contributed by atoms with van der Waals surface area (Å²) in [6, 6.07) is 4.42. The number of benzene rings is 1. The van der Waals surface area contributed by atoms with Crippen LogP contribution in [0.4, 0.5) is 18.9 Å². The smallest absolute Gasteiger partial charge is 0.396 e. The Morgan fingerprint density at radius 1 is 1.30 bits per heavy atom. The Kier molecular flexibility index (Phi) is 4.29. The van der Waals surface area contributed by atoms with Crippen molar-refractivity contribution in [3.63, 3.8) is 0 Å². The van der Waals surface area contributed by atoms with Gasteiger partial charge in [-0.2, -0.15) is 13.2 Å². The lowest BCUT2D eigenvalue weighted by molar-refractivity contribution is -0.137. The number of hydrogen-bond donors (Lipinski definition) is 1. The molecule has 0 spiro atoms. The van der Waals surface area contributed by atoms with Crippen molar-refractivity contribution in [3.8, 4) is 0 Å². The zero-order valence-corrected chi connectivity index (χ0v) is 10.6. The van der Waals surface area contributed by atoms with Gasteiger partial charge in [-0.1, -0.05) is 0 Å². The van der Waals surface area contributed by atoms with Crippen molar-refractivity contribution in [2.45, 2.75) is 18.7 Å². The second kappa shape index (κ2) is 5.80. The number of carbonyl (C=O) groups excluding carboxylic acids is 1. The standard InChI is InChI=1S/C13H14F3NO3/c14-13(15,16)9-1-3-10(4-2-9)17-7-11(5-6-18)20-8-12(17)19/h1-4,11,18H,5-8H2. The molecular weight excluding hydrogens is 275 g/mol. The maximum atomic E-state index is 12.5. The third kappa shape index (κ3) is 3.29. The summed E-state index contributed by atoms with van der Waals surface area (Å²) < 4.78 is 42.6. The van der Waals surface area contributed by atoms with E-state index >= 15 is 0 Å². The third-order valence-corrected chi connectivity index (χ3v) is 3.09. The summed E-state index contributed by atoms with van der Waals surface area (Å²) in [7, 11) is 0. The van der Waals surface area contributed by atoms with Crippen LogP contribution in [-0.2, 0) is 15.7 Å². The molecule has 1 aliphatic heterocycles. The zero-order valence-electron chi connectivity index (χ0n) is 10.6. The first-order valence-corrected chi connectivity index (χ1v) is 6.12. The van der Waals surface area contributed by atoms with Gasteiger partial charge >= 0.3 is 6.18 Å². The van der Waals surface area contributed by atoms with Gasteiger partial charge in [-0.3, -0.25) is 4.79 Å². The third-order valence-electron chi connectivity index (χ3n) is 3.09. The first kappa shape index (κ1) is 14.8. The van der Waals surface area contributed by atoms with Crippen LogP contribution in [0.25, 0.3) is 0 Å². The Labute approximate surface area is 113 Å². The van der Waals surface area contributed by atoms with Gasteiger partial charge in [0.15, 0.2) is 0 Å². The minimum absolute atomic E-state index is 0.0697. The Balaban J connectivity index is 2.15. The highest BCUT2D eigenvalue weighted by Crippen LogP contribution is 2.31. The van der Waals surface area contributed by atoms with Crippen molar-refractivity contribution in [1.82, 2.24) is 0 Å². The van der Waals surface area contributed by atoms with E-state index in [0.29, 0.717) is 12.1 Å². The maximum Gasteiger partial charge on any atom is 0.416 e. The molecule has 1 atom stereocenters. The number of aliphatic hydroxyl groups excluding tert-OH is 1. The lowest BCUT2D eigenvalue weighted by Gasteiger charge is -2.32. The summed E-state index contributed by atoms with van der Waals surface area (Å²) in [6.07, 6.45) is -4.32. The minimum atomic E-state index is -4.40. The number of carbonyl (C=O) groups is 1. The first-order chi connectivity index (χ1) is 9.41. The number of alkyl halides is 3. The molecule has 0 aliphatic carbocycles. The molecule has 1 aliphatic rings. The number of halogens is 3. The Bertz CT molecular complexity index is 473. The van der Waals surface area contributed by atoms with Crippen molar-refractivity contribution < 1.29 is 27.8 Å². The van der Waals surface area contributed by atoms with Gasteiger partial charge < -0.3 is 14.7 Å². The minimum Gasteiger partial charge on any atom is -0.396 e. The van der Waals surface area contributed by atoms with Gasteiger partial charge in [-0.25, -0.2) is 0 Å². The van der Waals surface area contributed by atoms with E-state index in [1.807, 2.05) is 0 Å². The van der Waals surface area contributed by atoms with Crippen LogP contribution in [0.1, 0.15) is 12.0 Å². The quantitative estimate of drug-likeness (QED) is 0.923. The fourth-order valence-electron chi connectivity index (χ4n) is 2.02. The van der Waals surface area contributed by atoms with Crippen LogP contribution in [0.5, 0.6) is 0 Å². The number of nitrogens with zero attached hydrogens (tertiary/aromatic N) is 1. The molecule has 0 aromatic heterocycles. The Hall–Kier alpha value is -1.60. The molecule has 1 amide bonds. The van der Waals surface area contributed by atoms with Gasteiger partial charge in [0.2, 0.25) is 0 Å².